The molecule has 14 heavy (non-hydrogen) atoms. The Morgan fingerprint density at radius 3 is 2.93 bits per heavy atom. The highest BCUT2D eigenvalue weighted by Crippen LogP contribution is 2.29. The summed E-state index contributed by atoms with van der Waals surface area (Å²) >= 11 is 0. The van der Waals surface area contributed by atoms with Gasteiger partial charge >= 0.3 is 5.92 Å². The Balaban J connectivity index is 2.61. The molecular weight excluding hydrogens is 190 g/mol. The van der Waals surface area contributed by atoms with Crippen molar-refractivity contribution in [1.29, 1.82) is 5.26 Å². The molecule has 2 aromatic rings. The fraction of sp³-hybridized carbons (Fsp3) is 0.111. The number of rotatable bonds is 1. The topological polar surface area (TPSA) is 49.8 Å². The molecule has 3 nitrogen and oxygen atoms in total. The van der Waals surface area contributed by atoms with Gasteiger partial charge in [-0.1, -0.05) is 0 Å². The average Bonchev–Trinajstić information content (AvgIpc) is 2.64. The Morgan fingerprint density at radius 1 is 1.43 bits per heavy atom. The zero-order valence-electron chi connectivity index (χ0n) is 6.87. The maximum atomic E-state index is 12.9. The van der Waals surface area contributed by atoms with Crippen LogP contribution >= 0.6 is 0 Å². The first kappa shape index (κ1) is 8.63. The second-order valence-corrected chi connectivity index (χ2v) is 2.72. The number of hydrogen-bond acceptors (Lipinski definition) is 3. The van der Waals surface area contributed by atoms with Crippen molar-refractivity contribution in [2.45, 2.75) is 5.92 Å². The molecule has 0 atom stereocenters. The largest absolute Gasteiger partial charge is 0.443 e. The lowest BCUT2D eigenvalue weighted by Gasteiger charge is -2.05. The molecule has 0 aliphatic heterocycles. The van der Waals surface area contributed by atoms with Crippen molar-refractivity contribution < 1.29 is 13.2 Å². The van der Waals surface area contributed by atoms with Gasteiger partial charge in [0.2, 0.25) is 0 Å². The van der Waals surface area contributed by atoms with Crippen molar-refractivity contribution in [3.05, 3.63) is 30.2 Å². The zero-order chi connectivity index (χ0) is 10.2. The lowest BCUT2D eigenvalue weighted by Crippen LogP contribution is -2.09. The van der Waals surface area contributed by atoms with Gasteiger partial charge in [0.15, 0.2) is 12.0 Å². The Hall–Kier alpha value is -1.96. The maximum Gasteiger partial charge on any atom is 0.357 e. The van der Waals surface area contributed by atoms with E-state index in [-0.39, 0.29) is 11.1 Å². The third-order valence-electron chi connectivity index (χ3n) is 1.83. The van der Waals surface area contributed by atoms with E-state index in [1.165, 1.54) is 12.5 Å². The zero-order valence-corrected chi connectivity index (χ0v) is 6.87. The van der Waals surface area contributed by atoms with E-state index in [1.54, 1.807) is 0 Å². The third-order valence-corrected chi connectivity index (χ3v) is 1.83. The molecule has 0 radical (unpaired) electrons. The summed E-state index contributed by atoms with van der Waals surface area (Å²) < 4.78 is 30.6. The Bertz CT molecular complexity index is 513. The van der Waals surface area contributed by atoms with Gasteiger partial charge in [-0.2, -0.15) is 14.0 Å². The van der Waals surface area contributed by atoms with Crippen LogP contribution in [-0.2, 0) is 5.92 Å². The molecule has 1 heterocycles. The van der Waals surface area contributed by atoms with Gasteiger partial charge in [0.25, 0.3) is 0 Å². The SMILES string of the molecule is N#CC(F)(F)c1ccc2ncoc2c1. The highest BCUT2D eigenvalue weighted by atomic mass is 19.3. The first-order valence-corrected chi connectivity index (χ1v) is 3.76. The molecule has 2 rings (SSSR count). The number of hydrogen-bond donors (Lipinski definition) is 0. The highest BCUT2D eigenvalue weighted by Gasteiger charge is 2.31. The lowest BCUT2D eigenvalue weighted by atomic mass is 10.1. The molecule has 0 spiro atoms. The second kappa shape index (κ2) is 2.77. The highest BCUT2D eigenvalue weighted by molar-refractivity contribution is 5.73. The van der Waals surface area contributed by atoms with Gasteiger partial charge in [-0.15, -0.1) is 0 Å². The lowest BCUT2D eigenvalue weighted by molar-refractivity contribution is 0.0613. The number of fused-ring (bicyclic) bond motifs is 1. The minimum Gasteiger partial charge on any atom is -0.443 e. The van der Waals surface area contributed by atoms with Crippen LogP contribution in [0.1, 0.15) is 5.56 Å². The van der Waals surface area contributed by atoms with Crippen LogP contribution in [0.2, 0.25) is 0 Å². The van der Waals surface area contributed by atoms with E-state index in [0.717, 1.165) is 18.2 Å². The van der Waals surface area contributed by atoms with Crippen LogP contribution in [0.5, 0.6) is 0 Å². The molecule has 1 aromatic heterocycles. The van der Waals surface area contributed by atoms with E-state index >= 15 is 0 Å². The van der Waals surface area contributed by atoms with Gasteiger partial charge < -0.3 is 4.42 Å². The number of nitrogens with zero attached hydrogens (tertiary/aromatic N) is 2. The minimum absolute atomic E-state index is 0.248. The van der Waals surface area contributed by atoms with Crippen molar-refractivity contribution in [1.82, 2.24) is 4.98 Å². The number of oxazole rings is 1. The van der Waals surface area contributed by atoms with E-state index in [4.69, 9.17) is 9.68 Å². The van der Waals surface area contributed by atoms with E-state index in [0.29, 0.717) is 5.52 Å². The molecule has 5 heteroatoms. The van der Waals surface area contributed by atoms with Crippen molar-refractivity contribution in [2.24, 2.45) is 0 Å². The fourth-order valence-corrected chi connectivity index (χ4v) is 1.11. The fourth-order valence-electron chi connectivity index (χ4n) is 1.11. The van der Waals surface area contributed by atoms with Crippen LogP contribution < -0.4 is 0 Å². The third kappa shape index (κ3) is 1.21. The van der Waals surface area contributed by atoms with E-state index < -0.39 is 5.92 Å². The van der Waals surface area contributed by atoms with Gasteiger partial charge in [0.05, 0.1) is 0 Å². The van der Waals surface area contributed by atoms with Crippen LogP contribution in [0.25, 0.3) is 11.1 Å². The smallest absolute Gasteiger partial charge is 0.357 e. The first-order valence-electron chi connectivity index (χ1n) is 3.76. The van der Waals surface area contributed by atoms with Gasteiger partial charge in [0.1, 0.15) is 11.6 Å². The predicted molar refractivity (Wildman–Crippen MR) is 43.5 cm³/mol. The van der Waals surface area contributed by atoms with E-state index in [1.807, 2.05) is 0 Å². The van der Waals surface area contributed by atoms with Crippen molar-refractivity contribution >= 4 is 11.1 Å². The molecule has 0 fully saturated rings. The summed E-state index contributed by atoms with van der Waals surface area (Å²) in [7, 11) is 0. The van der Waals surface area contributed by atoms with Crippen LogP contribution in [-0.4, -0.2) is 4.98 Å². The predicted octanol–water partition coefficient (Wildman–Crippen LogP) is 2.44. The van der Waals surface area contributed by atoms with Crippen LogP contribution in [0.4, 0.5) is 8.78 Å². The van der Waals surface area contributed by atoms with Crippen molar-refractivity contribution in [2.75, 3.05) is 0 Å². The van der Waals surface area contributed by atoms with Crippen LogP contribution in [0, 0.1) is 11.3 Å². The number of nitriles is 1. The van der Waals surface area contributed by atoms with Crippen LogP contribution in [0.15, 0.2) is 29.0 Å². The average molecular weight is 194 g/mol. The van der Waals surface area contributed by atoms with Gasteiger partial charge in [-0.25, -0.2) is 4.98 Å². The van der Waals surface area contributed by atoms with Gasteiger partial charge in [-0.05, 0) is 18.2 Å². The van der Waals surface area contributed by atoms with E-state index in [9.17, 15) is 8.78 Å². The molecule has 0 bridgehead atoms. The number of benzene rings is 1. The monoisotopic (exact) mass is 194 g/mol. The summed E-state index contributed by atoms with van der Waals surface area (Å²) in [6.45, 7) is 0. The maximum absolute atomic E-state index is 12.9. The molecule has 1 aromatic carbocycles. The first-order chi connectivity index (χ1) is 6.63. The molecule has 0 saturated heterocycles. The van der Waals surface area contributed by atoms with Crippen molar-refractivity contribution in [3.63, 3.8) is 0 Å². The van der Waals surface area contributed by atoms with Crippen molar-refractivity contribution in [3.8, 4) is 6.07 Å². The quantitative estimate of drug-likeness (QED) is 0.700. The summed E-state index contributed by atoms with van der Waals surface area (Å²) in [6, 6.07) is 4.58. The standard InChI is InChI=1S/C9H4F2N2O/c10-9(11,4-12)6-1-2-7-8(3-6)14-5-13-7/h1-3,5H. The minimum atomic E-state index is -3.49. The molecule has 0 saturated carbocycles. The molecule has 0 amide bonds. The Labute approximate surface area is 77.6 Å². The Kier molecular flexibility index (Phi) is 1.71. The molecule has 0 aliphatic rings. The molecule has 70 valence electrons. The molecule has 0 aliphatic carbocycles. The summed E-state index contributed by atoms with van der Waals surface area (Å²) in [5, 5.41) is 8.22. The normalized spacial score (nSPS) is 11.5. The Morgan fingerprint density at radius 2 is 2.21 bits per heavy atom. The molecule has 0 N–H and O–H groups in total. The van der Waals surface area contributed by atoms with E-state index in [2.05, 4.69) is 4.98 Å². The molecule has 0 unspecified atom stereocenters. The number of halogens is 2. The van der Waals surface area contributed by atoms with Gasteiger partial charge in [-0.3, -0.25) is 0 Å². The number of aromatic nitrogens is 1. The molecular formula is C9H4F2N2O. The summed E-state index contributed by atoms with van der Waals surface area (Å²) in [5.74, 6) is -3.49. The summed E-state index contributed by atoms with van der Waals surface area (Å²) in [5.41, 5.74) is 0.351. The van der Waals surface area contributed by atoms with Gasteiger partial charge in [0, 0.05) is 5.56 Å². The summed E-state index contributed by atoms with van der Waals surface area (Å²) in [6.07, 6.45) is 1.17. The number of alkyl halides is 2. The second-order valence-electron chi connectivity index (χ2n) is 2.72. The van der Waals surface area contributed by atoms with Crippen LogP contribution in [0.3, 0.4) is 0 Å². The summed E-state index contributed by atoms with van der Waals surface area (Å²) in [4.78, 5) is 3.77.